The van der Waals surface area contributed by atoms with Crippen molar-refractivity contribution in [2.24, 2.45) is 0 Å². The van der Waals surface area contributed by atoms with Crippen molar-refractivity contribution in [3.63, 3.8) is 0 Å². The molecule has 2 aromatic heterocycles. The van der Waals surface area contributed by atoms with Crippen molar-refractivity contribution < 1.29 is 18.7 Å². The van der Waals surface area contributed by atoms with Crippen molar-refractivity contribution in [3.8, 4) is 0 Å². The molecule has 0 spiro atoms. The minimum Gasteiger partial charge on any atom is -0.480 e. The Bertz CT molecular complexity index is 895. The number of fused-ring (bicyclic) bond motifs is 1. The first-order valence-corrected chi connectivity index (χ1v) is 6.64. The third kappa shape index (κ3) is 3.19. The van der Waals surface area contributed by atoms with Crippen molar-refractivity contribution in [2.75, 3.05) is 0 Å². The van der Waals surface area contributed by atoms with Crippen molar-refractivity contribution >= 4 is 39.7 Å². The molecule has 10 heteroatoms. The van der Waals surface area contributed by atoms with Gasteiger partial charge >= 0.3 is 5.97 Å². The molecular weight excluding hydrogens is 332 g/mol. The van der Waals surface area contributed by atoms with Gasteiger partial charge in [0.05, 0.1) is 22.3 Å². The molecule has 118 valence electrons. The van der Waals surface area contributed by atoms with Gasteiger partial charge in [-0.3, -0.25) is 4.79 Å². The fourth-order valence-electron chi connectivity index (χ4n) is 1.91. The van der Waals surface area contributed by atoms with E-state index in [1.807, 2.05) is 0 Å². The van der Waals surface area contributed by atoms with Crippen LogP contribution in [-0.4, -0.2) is 36.0 Å². The predicted molar refractivity (Wildman–Crippen MR) is 77.4 cm³/mol. The molecule has 0 saturated heterocycles. The summed E-state index contributed by atoms with van der Waals surface area (Å²) >= 11 is 6.09. The zero-order valence-electron chi connectivity index (χ0n) is 11.3. The SMILES string of the molecule is O=C(O)Cn1cc(C=C(Cl)c2nc3cc(F)c(F)cc3[nH]2)nn1. The van der Waals surface area contributed by atoms with Gasteiger partial charge in [-0.25, -0.2) is 18.4 Å². The number of rotatable bonds is 4. The molecule has 0 aliphatic carbocycles. The van der Waals surface area contributed by atoms with Crippen LogP contribution in [0, 0.1) is 11.6 Å². The lowest BCUT2D eigenvalue weighted by atomic mass is 10.3. The average Bonchev–Trinajstić information content (AvgIpc) is 3.05. The van der Waals surface area contributed by atoms with Crippen LogP contribution in [0.5, 0.6) is 0 Å². The summed E-state index contributed by atoms with van der Waals surface area (Å²) in [5, 5.41) is 16.2. The fourth-order valence-corrected chi connectivity index (χ4v) is 2.11. The monoisotopic (exact) mass is 339 g/mol. The molecule has 1 aromatic carbocycles. The van der Waals surface area contributed by atoms with E-state index in [9.17, 15) is 13.6 Å². The van der Waals surface area contributed by atoms with E-state index in [0.29, 0.717) is 11.2 Å². The lowest BCUT2D eigenvalue weighted by Crippen LogP contribution is -2.08. The summed E-state index contributed by atoms with van der Waals surface area (Å²) in [6.45, 7) is -0.332. The maximum atomic E-state index is 13.2. The molecule has 0 aliphatic heterocycles. The first-order chi connectivity index (χ1) is 10.9. The molecule has 0 bridgehead atoms. The Morgan fingerprint density at radius 2 is 2.13 bits per heavy atom. The lowest BCUT2D eigenvalue weighted by Gasteiger charge is -1.92. The van der Waals surface area contributed by atoms with Gasteiger partial charge in [-0.15, -0.1) is 5.10 Å². The highest BCUT2D eigenvalue weighted by atomic mass is 35.5. The summed E-state index contributed by atoms with van der Waals surface area (Å²) in [6, 6.07) is 1.94. The van der Waals surface area contributed by atoms with Gasteiger partial charge in [-0.1, -0.05) is 16.8 Å². The Kier molecular flexibility index (Phi) is 3.78. The smallest absolute Gasteiger partial charge is 0.325 e. The molecule has 3 rings (SSSR count). The normalized spacial score (nSPS) is 12.0. The third-order valence-corrected chi connectivity index (χ3v) is 3.17. The fraction of sp³-hybridized carbons (Fsp3) is 0.0769. The van der Waals surface area contributed by atoms with E-state index < -0.39 is 17.6 Å². The summed E-state index contributed by atoms with van der Waals surface area (Å²) in [5.41, 5.74) is 0.828. The highest BCUT2D eigenvalue weighted by molar-refractivity contribution is 6.50. The first-order valence-electron chi connectivity index (χ1n) is 6.26. The van der Waals surface area contributed by atoms with Crippen LogP contribution in [0.2, 0.25) is 0 Å². The van der Waals surface area contributed by atoms with Gasteiger partial charge in [0.25, 0.3) is 0 Å². The van der Waals surface area contributed by atoms with Crippen LogP contribution in [-0.2, 0) is 11.3 Å². The van der Waals surface area contributed by atoms with E-state index in [4.69, 9.17) is 16.7 Å². The van der Waals surface area contributed by atoms with Gasteiger partial charge in [0.1, 0.15) is 18.1 Å². The molecule has 0 saturated carbocycles. The molecule has 0 aliphatic rings. The Labute approximate surface area is 132 Å². The first kappa shape index (κ1) is 15.1. The van der Waals surface area contributed by atoms with Crippen LogP contribution in [0.1, 0.15) is 11.5 Å². The number of aromatic nitrogens is 5. The van der Waals surface area contributed by atoms with Crippen LogP contribution >= 0.6 is 11.6 Å². The molecule has 0 unspecified atom stereocenters. The third-order valence-electron chi connectivity index (χ3n) is 2.88. The number of nitrogens with one attached hydrogen (secondary N) is 1. The number of carbonyl (C=O) groups is 1. The van der Waals surface area contributed by atoms with E-state index in [2.05, 4.69) is 20.3 Å². The van der Waals surface area contributed by atoms with Crippen molar-refractivity contribution in [1.82, 2.24) is 25.0 Å². The summed E-state index contributed by atoms with van der Waals surface area (Å²) in [6.07, 6.45) is 2.79. The molecule has 0 radical (unpaired) electrons. The summed E-state index contributed by atoms with van der Waals surface area (Å²) in [7, 11) is 0. The van der Waals surface area contributed by atoms with Crippen molar-refractivity contribution in [3.05, 3.63) is 41.5 Å². The van der Waals surface area contributed by atoms with Crippen LogP contribution in [0.3, 0.4) is 0 Å². The van der Waals surface area contributed by atoms with Crippen molar-refractivity contribution in [1.29, 1.82) is 0 Å². The van der Waals surface area contributed by atoms with E-state index >= 15 is 0 Å². The predicted octanol–water partition coefficient (Wildman–Crippen LogP) is 2.25. The number of hydrogen-bond donors (Lipinski definition) is 2. The quantitative estimate of drug-likeness (QED) is 0.760. The Morgan fingerprint density at radius 1 is 1.39 bits per heavy atom. The zero-order chi connectivity index (χ0) is 16.6. The number of aromatic amines is 1. The highest BCUT2D eigenvalue weighted by Gasteiger charge is 2.11. The number of aliphatic carboxylic acids is 1. The number of H-pyrrole nitrogens is 1. The summed E-state index contributed by atoms with van der Waals surface area (Å²) in [4.78, 5) is 17.4. The number of hydrogen-bond acceptors (Lipinski definition) is 4. The number of nitrogens with zero attached hydrogens (tertiary/aromatic N) is 4. The van der Waals surface area contributed by atoms with E-state index in [0.717, 1.165) is 16.8 Å². The molecular formula is C13H8ClF2N5O2. The second kappa shape index (κ2) is 5.76. The lowest BCUT2D eigenvalue weighted by molar-refractivity contribution is -0.137. The minimum absolute atomic E-state index is 0.129. The number of halogens is 3. The standard InChI is InChI=1S/C13H8ClF2N5O2/c14-7(1-6-4-21(20-19-6)5-12(22)23)13-17-10-2-8(15)9(16)3-11(10)18-13/h1-4H,5H2,(H,17,18)(H,22,23). The van der Waals surface area contributed by atoms with Gasteiger partial charge in [0.2, 0.25) is 0 Å². The van der Waals surface area contributed by atoms with E-state index in [1.54, 1.807) is 0 Å². The largest absolute Gasteiger partial charge is 0.480 e. The second-order valence-corrected chi connectivity index (χ2v) is 5.00. The topological polar surface area (TPSA) is 96.7 Å². The molecule has 23 heavy (non-hydrogen) atoms. The molecule has 0 amide bonds. The number of benzene rings is 1. The minimum atomic E-state index is -1.06. The van der Waals surface area contributed by atoms with Gasteiger partial charge in [-0.05, 0) is 6.08 Å². The highest BCUT2D eigenvalue weighted by Crippen LogP contribution is 2.23. The maximum Gasteiger partial charge on any atom is 0.325 e. The van der Waals surface area contributed by atoms with E-state index in [-0.39, 0.29) is 22.9 Å². The zero-order valence-corrected chi connectivity index (χ0v) is 12.1. The molecule has 7 nitrogen and oxygen atoms in total. The van der Waals surface area contributed by atoms with Crippen LogP contribution in [0.4, 0.5) is 8.78 Å². The van der Waals surface area contributed by atoms with Crippen LogP contribution < -0.4 is 0 Å². The van der Waals surface area contributed by atoms with Crippen LogP contribution in [0.25, 0.3) is 22.1 Å². The van der Waals surface area contributed by atoms with E-state index in [1.165, 1.54) is 12.3 Å². The number of imidazole rings is 1. The van der Waals surface area contributed by atoms with Crippen molar-refractivity contribution in [2.45, 2.75) is 6.54 Å². The van der Waals surface area contributed by atoms with Gasteiger partial charge in [-0.2, -0.15) is 0 Å². The van der Waals surface area contributed by atoms with Crippen LogP contribution in [0.15, 0.2) is 18.3 Å². The summed E-state index contributed by atoms with van der Waals surface area (Å²) in [5.74, 6) is -2.87. The molecule has 0 fully saturated rings. The molecule has 2 heterocycles. The summed E-state index contributed by atoms with van der Waals surface area (Å²) < 4.78 is 27.5. The Hall–Kier alpha value is -2.81. The molecule has 0 atom stereocenters. The van der Waals surface area contributed by atoms with Gasteiger partial charge in [0.15, 0.2) is 11.6 Å². The van der Waals surface area contributed by atoms with Gasteiger partial charge in [0, 0.05) is 12.1 Å². The Morgan fingerprint density at radius 3 is 2.87 bits per heavy atom. The second-order valence-electron chi connectivity index (χ2n) is 4.60. The number of carboxylic acid groups (broad SMARTS) is 1. The maximum absolute atomic E-state index is 13.2. The molecule has 2 N–H and O–H groups in total. The number of carboxylic acids is 1. The molecule has 3 aromatic rings. The average molecular weight is 340 g/mol. The van der Waals surface area contributed by atoms with Gasteiger partial charge < -0.3 is 10.1 Å². The Balaban J connectivity index is 1.91.